The zero-order valence-electron chi connectivity index (χ0n) is 12.1. The standard InChI is InChI=1S/C14H11ClN4O5/c15-11-4-2-1-3-10(11)14(21)16-8-12(20)18-17-7-9-5-6-13(24-9)19(22)23/h1-7H,8H2,(H,16,21)(H,18,20)/b17-7+. The lowest BCUT2D eigenvalue weighted by Crippen LogP contribution is -2.35. The second-order valence-corrected chi connectivity index (χ2v) is 4.80. The fraction of sp³-hybridized carbons (Fsp3) is 0.0714. The molecule has 1 heterocycles. The number of carbonyl (C=O) groups is 2. The summed E-state index contributed by atoms with van der Waals surface area (Å²) in [5, 5.41) is 16.7. The number of furan rings is 1. The Bertz CT molecular complexity index is 802. The van der Waals surface area contributed by atoms with Crippen LogP contribution in [0.1, 0.15) is 16.1 Å². The summed E-state index contributed by atoms with van der Waals surface area (Å²) in [5.74, 6) is -1.43. The van der Waals surface area contributed by atoms with Crippen molar-refractivity contribution in [3.8, 4) is 0 Å². The number of carbonyl (C=O) groups excluding carboxylic acids is 2. The van der Waals surface area contributed by atoms with Crippen molar-refractivity contribution in [1.29, 1.82) is 0 Å². The second kappa shape index (κ2) is 7.88. The van der Waals surface area contributed by atoms with Crippen LogP contribution < -0.4 is 10.7 Å². The number of hydrogen-bond donors (Lipinski definition) is 2. The van der Waals surface area contributed by atoms with Gasteiger partial charge in [0.2, 0.25) is 0 Å². The largest absolute Gasteiger partial charge is 0.433 e. The monoisotopic (exact) mass is 350 g/mol. The van der Waals surface area contributed by atoms with E-state index in [4.69, 9.17) is 16.0 Å². The average molecular weight is 351 g/mol. The number of amides is 2. The van der Waals surface area contributed by atoms with Gasteiger partial charge in [-0.2, -0.15) is 5.10 Å². The Hall–Kier alpha value is -3.20. The van der Waals surface area contributed by atoms with E-state index in [9.17, 15) is 19.7 Å². The van der Waals surface area contributed by atoms with Crippen LogP contribution in [0.5, 0.6) is 0 Å². The normalized spacial score (nSPS) is 10.5. The number of nitrogens with one attached hydrogen (secondary N) is 2. The van der Waals surface area contributed by atoms with Crippen LogP contribution in [0.15, 0.2) is 45.9 Å². The molecule has 2 aromatic rings. The Morgan fingerprint density at radius 1 is 1.29 bits per heavy atom. The number of hydrogen-bond acceptors (Lipinski definition) is 6. The van der Waals surface area contributed by atoms with E-state index >= 15 is 0 Å². The quantitative estimate of drug-likeness (QED) is 0.466. The number of halogens is 1. The van der Waals surface area contributed by atoms with Crippen molar-refractivity contribution in [3.05, 3.63) is 62.9 Å². The minimum Gasteiger partial charge on any atom is -0.400 e. The second-order valence-electron chi connectivity index (χ2n) is 4.39. The molecule has 0 radical (unpaired) electrons. The molecule has 0 saturated heterocycles. The van der Waals surface area contributed by atoms with Gasteiger partial charge < -0.3 is 9.73 Å². The molecule has 0 spiro atoms. The molecule has 1 aromatic carbocycles. The fourth-order valence-corrected chi connectivity index (χ4v) is 1.84. The molecule has 0 aliphatic heterocycles. The Labute approximate surface area is 140 Å². The predicted molar refractivity (Wildman–Crippen MR) is 84.9 cm³/mol. The predicted octanol–water partition coefficient (Wildman–Crippen LogP) is 1.72. The van der Waals surface area contributed by atoms with E-state index in [0.29, 0.717) is 0 Å². The van der Waals surface area contributed by atoms with Crippen LogP contribution in [0.25, 0.3) is 0 Å². The molecule has 10 heteroatoms. The Morgan fingerprint density at radius 2 is 2.04 bits per heavy atom. The smallest absolute Gasteiger partial charge is 0.400 e. The highest BCUT2D eigenvalue weighted by atomic mass is 35.5. The van der Waals surface area contributed by atoms with Crippen LogP contribution in [0.4, 0.5) is 5.88 Å². The molecule has 0 aliphatic carbocycles. The maximum atomic E-state index is 11.8. The summed E-state index contributed by atoms with van der Waals surface area (Å²) in [4.78, 5) is 33.1. The maximum Gasteiger partial charge on any atom is 0.433 e. The van der Waals surface area contributed by atoms with Crippen LogP contribution in [0.3, 0.4) is 0 Å². The van der Waals surface area contributed by atoms with Gasteiger partial charge in [0.1, 0.15) is 4.92 Å². The molecule has 9 nitrogen and oxygen atoms in total. The van der Waals surface area contributed by atoms with Crippen molar-refractivity contribution >= 4 is 35.5 Å². The van der Waals surface area contributed by atoms with Crippen LogP contribution in [0.2, 0.25) is 5.02 Å². The van der Waals surface area contributed by atoms with E-state index in [1.165, 1.54) is 12.1 Å². The first kappa shape index (κ1) is 17.2. The zero-order chi connectivity index (χ0) is 17.5. The van der Waals surface area contributed by atoms with Crippen LogP contribution in [-0.4, -0.2) is 29.5 Å². The lowest BCUT2D eigenvalue weighted by Gasteiger charge is -2.05. The topological polar surface area (TPSA) is 127 Å². The molecule has 0 saturated carbocycles. The van der Waals surface area contributed by atoms with E-state index in [2.05, 4.69) is 15.8 Å². The third-order valence-electron chi connectivity index (χ3n) is 2.70. The minimum absolute atomic E-state index is 0.0992. The molecule has 0 fully saturated rings. The van der Waals surface area contributed by atoms with E-state index in [1.54, 1.807) is 18.2 Å². The van der Waals surface area contributed by atoms with Gasteiger partial charge in [-0.3, -0.25) is 19.7 Å². The van der Waals surface area contributed by atoms with Gasteiger partial charge in [0.05, 0.1) is 29.4 Å². The first-order valence-corrected chi connectivity index (χ1v) is 6.94. The van der Waals surface area contributed by atoms with E-state index in [-0.39, 0.29) is 22.9 Å². The molecular weight excluding hydrogens is 340 g/mol. The van der Waals surface area contributed by atoms with Gasteiger partial charge >= 0.3 is 5.88 Å². The Morgan fingerprint density at radius 3 is 2.71 bits per heavy atom. The average Bonchev–Trinajstić information content (AvgIpc) is 3.02. The van der Waals surface area contributed by atoms with Gasteiger partial charge in [0.25, 0.3) is 11.8 Å². The first-order chi connectivity index (χ1) is 11.5. The number of rotatable bonds is 6. The minimum atomic E-state index is -0.694. The van der Waals surface area contributed by atoms with Gasteiger partial charge in [-0.15, -0.1) is 0 Å². The summed E-state index contributed by atoms with van der Waals surface area (Å²) < 4.78 is 4.81. The molecule has 124 valence electrons. The van der Waals surface area contributed by atoms with Gasteiger partial charge in [0.15, 0.2) is 5.76 Å². The molecule has 2 N–H and O–H groups in total. The van der Waals surface area contributed by atoms with E-state index in [1.807, 2.05) is 0 Å². The molecular formula is C14H11ClN4O5. The molecule has 2 rings (SSSR count). The van der Waals surface area contributed by atoms with Crippen molar-refractivity contribution in [1.82, 2.24) is 10.7 Å². The summed E-state index contributed by atoms with van der Waals surface area (Å²) in [7, 11) is 0. The van der Waals surface area contributed by atoms with E-state index in [0.717, 1.165) is 12.3 Å². The summed E-state index contributed by atoms with van der Waals surface area (Å²) >= 11 is 5.87. The summed E-state index contributed by atoms with van der Waals surface area (Å²) in [6.07, 6.45) is 1.10. The van der Waals surface area contributed by atoms with Gasteiger partial charge in [-0.1, -0.05) is 23.7 Å². The summed E-state index contributed by atoms with van der Waals surface area (Å²) in [5.41, 5.74) is 2.39. The number of nitrogens with zero attached hydrogens (tertiary/aromatic N) is 2. The highest BCUT2D eigenvalue weighted by Crippen LogP contribution is 2.14. The Kier molecular flexibility index (Phi) is 5.63. The molecule has 0 aliphatic rings. The Balaban J connectivity index is 1.81. The van der Waals surface area contributed by atoms with Crippen molar-refractivity contribution < 1.29 is 18.9 Å². The molecule has 0 unspecified atom stereocenters. The molecule has 1 aromatic heterocycles. The highest BCUT2D eigenvalue weighted by molar-refractivity contribution is 6.33. The van der Waals surface area contributed by atoms with Crippen LogP contribution in [-0.2, 0) is 4.79 Å². The highest BCUT2D eigenvalue weighted by Gasteiger charge is 2.11. The maximum absolute atomic E-state index is 11.8. The lowest BCUT2D eigenvalue weighted by molar-refractivity contribution is -0.402. The van der Waals surface area contributed by atoms with Gasteiger partial charge in [0, 0.05) is 0 Å². The van der Waals surface area contributed by atoms with Crippen LogP contribution >= 0.6 is 11.6 Å². The van der Waals surface area contributed by atoms with Gasteiger partial charge in [-0.05, 0) is 18.2 Å². The van der Waals surface area contributed by atoms with Crippen molar-refractivity contribution in [2.45, 2.75) is 0 Å². The van der Waals surface area contributed by atoms with E-state index < -0.39 is 22.6 Å². The van der Waals surface area contributed by atoms with Crippen LogP contribution in [0, 0.1) is 10.1 Å². The fourth-order valence-electron chi connectivity index (χ4n) is 1.62. The molecule has 24 heavy (non-hydrogen) atoms. The van der Waals surface area contributed by atoms with Crippen molar-refractivity contribution in [2.24, 2.45) is 5.10 Å². The number of nitro groups is 1. The lowest BCUT2D eigenvalue weighted by atomic mass is 10.2. The van der Waals surface area contributed by atoms with Crippen molar-refractivity contribution in [2.75, 3.05) is 6.54 Å². The summed E-state index contributed by atoms with van der Waals surface area (Å²) in [6.45, 7) is -0.320. The summed E-state index contributed by atoms with van der Waals surface area (Å²) in [6, 6.07) is 8.90. The molecule has 2 amide bonds. The molecule has 0 atom stereocenters. The third-order valence-corrected chi connectivity index (χ3v) is 3.03. The first-order valence-electron chi connectivity index (χ1n) is 6.56. The SMILES string of the molecule is O=C(CNC(=O)c1ccccc1Cl)N/N=C/c1ccc([N+](=O)[O-])o1. The molecule has 0 bridgehead atoms. The zero-order valence-corrected chi connectivity index (χ0v) is 12.8. The third kappa shape index (κ3) is 4.65. The number of hydrazone groups is 1. The van der Waals surface area contributed by atoms with Crippen molar-refractivity contribution in [3.63, 3.8) is 0 Å². The number of benzene rings is 1. The van der Waals surface area contributed by atoms with Gasteiger partial charge in [-0.25, -0.2) is 5.43 Å².